The Morgan fingerprint density at radius 2 is 2.00 bits per heavy atom. The zero-order valence-electron chi connectivity index (χ0n) is 4.62. The molecule has 0 amide bonds. The Labute approximate surface area is 64.6 Å². The molecular weight excluding hydrogens is 103 g/mol. The summed E-state index contributed by atoms with van der Waals surface area (Å²) in [6.45, 7) is 2.23. The van der Waals surface area contributed by atoms with Crippen LogP contribution in [-0.4, -0.2) is 27.9 Å². The molecule has 0 aliphatic rings. The maximum Gasteiger partial charge on any atom is -0.197 e. The summed E-state index contributed by atoms with van der Waals surface area (Å²) in [5, 5.41) is 0. The van der Waals surface area contributed by atoms with Gasteiger partial charge in [-0.15, -0.1) is 0 Å². The molecule has 0 spiro atoms. The van der Waals surface area contributed by atoms with Gasteiger partial charge in [0.1, 0.15) is 0 Å². The van der Waals surface area contributed by atoms with Gasteiger partial charge in [0.2, 0.25) is 0 Å². The van der Waals surface area contributed by atoms with Crippen LogP contribution < -0.4 is 0 Å². The second kappa shape index (κ2) is 9.61. The average Bonchev–Trinajstić information content (AvgIpc) is 1.41. The van der Waals surface area contributed by atoms with Gasteiger partial charge >= 0.3 is 51.4 Å². The Balaban J connectivity index is 0. The van der Waals surface area contributed by atoms with E-state index in [2.05, 4.69) is 6.92 Å². The van der Waals surface area contributed by atoms with Gasteiger partial charge in [-0.2, -0.15) is 13.5 Å². The average molecular weight is 114 g/mol. The Hall–Kier alpha value is 1.35. The summed E-state index contributed by atoms with van der Waals surface area (Å²) >= 11 is 1.40. The van der Waals surface area contributed by atoms with Crippen molar-refractivity contribution < 1.29 is 0 Å². The quantitative estimate of drug-likeness (QED) is 0.477. The maximum atomic E-state index is 2.23. The summed E-state index contributed by atoms with van der Waals surface area (Å²) in [5.74, 6) is 0. The molecule has 0 aromatic carbocycles. The molecule has 6 heavy (non-hydrogen) atoms. The molecule has 0 nitrogen and oxygen atoms in total. The van der Waals surface area contributed by atoms with Crippen molar-refractivity contribution in [3.63, 3.8) is 0 Å². The second-order valence-corrected chi connectivity index (χ2v) is 2.35. The van der Waals surface area contributed by atoms with Crippen molar-refractivity contribution >= 4 is 41.4 Å². The Morgan fingerprint density at radius 3 is 2.00 bits per heavy atom. The smallest absolute Gasteiger partial charge is 0.197 e. The minimum atomic E-state index is 0. The summed E-state index contributed by atoms with van der Waals surface area (Å²) in [4.78, 5) is 0. The van der Waals surface area contributed by atoms with Crippen molar-refractivity contribution in [3.05, 3.63) is 0 Å². The molecule has 2 heteroatoms. The van der Waals surface area contributed by atoms with Crippen LogP contribution in [0.15, 0.2) is 0 Å². The molecular formula is C4H11NaS. The van der Waals surface area contributed by atoms with E-state index < -0.39 is 0 Å². The van der Waals surface area contributed by atoms with E-state index in [9.17, 15) is 0 Å². The van der Waals surface area contributed by atoms with Crippen molar-refractivity contribution in [3.8, 4) is 0 Å². The Bertz CT molecular complexity index is 15.0. The van der Waals surface area contributed by atoms with Gasteiger partial charge in [0.15, 0.2) is 0 Å². The Morgan fingerprint density at radius 1 is 1.50 bits per heavy atom. The van der Waals surface area contributed by atoms with Crippen LogP contribution in [0.25, 0.3) is 0 Å². The molecule has 0 bridgehead atoms. The minimum absolute atomic E-state index is 0. The fourth-order valence-corrected chi connectivity index (χ4v) is 1.06. The third-order valence-corrected chi connectivity index (χ3v) is 1.41. The van der Waals surface area contributed by atoms with E-state index in [1.54, 1.807) is 0 Å². The SMILES string of the molecule is CCC[CH2][Na].S. The zero-order chi connectivity index (χ0) is 4.12. The number of hydrogen-bond donors (Lipinski definition) is 0. The summed E-state index contributed by atoms with van der Waals surface area (Å²) in [7, 11) is 0. The fraction of sp³-hybridized carbons (Fsp3) is 1.00. The molecule has 0 heterocycles. The monoisotopic (exact) mass is 114 g/mol. The molecule has 0 saturated heterocycles. The van der Waals surface area contributed by atoms with Crippen molar-refractivity contribution in [1.82, 2.24) is 0 Å². The van der Waals surface area contributed by atoms with Gasteiger partial charge in [-0.1, -0.05) is 0 Å². The van der Waals surface area contributed by atoms with Crippen LogP contribution in [0.4, 0.5) is 0 Å². The van der Waals surface area contributed by atoms with Gasteiger partial charge < -0.3 is 0 Å². The Kier molecular flexibility index (Phi) is 16.6. The zero-order valence-corrected chi connectivity index (χ0v) is 7.62. The van der Waals surface area contributed by atoms with Gasteiger partial charge in [-0.05, 0) is 0 Å². The molecule has 0 fully saturated rings. The molecule has 0 N–H and O–H groups in total. The van der Waals surface area contributed by atoms with E-state index in [0.717, 1.165) is 0 Å². The molecule has 0 unspecified atom stereocenters. The molecule has 0 aromatic heterocycles. The van der Waals surface area contributed by atoms with E-state index in [4.69, 9.17) is 0 Å². The van der Waals surface area contributed by atoms with E-state index >= 15 is 0 Å². The summed E-state index contributed by atoms with van der Waals surface area (Å²) in [6.07, 6.45) is 2.83. The molecule has 0 radical (unpaired) electrons. The van der Waals surface area contributed by atoms with Gasteiger partial charge in [-0.25, -0.2) is 0 Å². The molecule has 0 aliphatic heterocycles. The van der Waals surface area contributed by atoms with Crippen LogP contribution in [0.2, 0.25) is 3.67 Å². The number of unbranched alkanes of at least 4 members (excludes halogenated alkanes) is 1. The van der Waals surface area contributed by atoms with Gasteiger partial charge in [0, 0.05) is 0 Å². The topological polar surface area (TPSA) is 0 Å². The predicted octanol–water partition coefficient (Wildman–Crippen LogP) is 1.49. The maximum absolute atomic E-state index is 2.23. The van der Waals surface area contributed by atoms with Crippen LogP contribution in [0.5, 0.6) is 0 Å². The standard InChI is InChI=1S/C4H9.Na.H2S/c1-3-4-2;;/h1,3-4H2,2H3;;1H2. The van der Waals surface area contributed by atoms with Crippen molar-refractivity contribution in [1.29, 1.82) is 0 Å². The van der Waals surface area contributed by atoms with E-state index in [1.807, 2.05) is 0 Å². The normalized spacial score (nSPS) is 7.17. The fourth-order valence-electron chi connectivity index (χ4n) is 0.354. The van der Waals surface area contributed by atoms with Crippen LogP contribution >= 0.6 is 13.5 Å². The van der Waals surface area contributed by atoms with Gasteiger partial charge in [-0.3, -0.25) is 0 Å². The van der Waals surface area contributed by atoms with E-state index in [-0.39, 0.29) is 13.5 Å². The summed E-state index contributed by atoms with van der Waals surface area (Å²) in [5.41, 5.74) is 0. The van der Waals surface area contributed by atoms with Gasteiger partial charge in [0.05, 0.1) is 0 Å². The first-order chi connectivity index (χ1) is 2.41. The number of rotatable bonds is 2. The molecule has 0 aliphatic carbocycles. The molecule has 0 rings (SSSR count). The summed E-state index contributed by atoms with van der Waals surface area (Å²) < 4.78 is 1.48. The van der Waals surface area contributed by atoms with E-state index in [0.29, 0.717) is 0 Å². The first-order valence-corrected chi connectivity index (χ1v) is 3.83. The van der Waals surface area contributed by atoms with Crippen LogP contribution in [0.3, 0.4) is 0 Å². The predicted molar refractivity (Wildman–Crippen MR) is 35.9 cm³/mol. The van der Waals surface area contributed by atoms with Gasteiger partial charge in [0.25, 0.3) is 0 Å². The molecule has 34 valence electrons. The van der Waals surface area contributed by atoms with Crippen molar-refractivity contribution in [2.24, 2.45) is 0 Å². The van der Waals surface area contributed by atoms with Crippen LogP contribution in [0, 0.1) is 0 Å². The van der Waals surface area contributed by atoms with Crippen LogP contribution in [0.1, 0.15) is 19.8 Å². The second-order valence-electron chi connectivity index (χ2n) is 1.35. The minimum Gasteiger partial charge on any atom is -0.197 e. The molecule has 0 saturated carbocycles. The van der Waals surface area contributed by atoms with Crippen molar-refractivity contribution in [2.75, 3.05) is 0 Å². The third-order valence-electron chi connectivity index (χ3n) is 0.707. The first-order valence-electron chi connectivity index (χ1n) is 2.41. The van der Waals surface area contributed by atoms with Crippen molar-refractivity contribution in [2.45, 2.75) is 23.4 Å². The third kappa shape index (κ3) is 9.02. The molecule has 0 atom stereocenters. The summed E-state index contributed by atoms with van der Waals surface area (Å²) in [6, 6.07) is 0. The molecule has 0 aromatic rings. The van der Waals surface area contributed by atoms with E-state index in [1.165, 1.54) is 44.4 Å². The first kappa shape index (κ1) is 10.4. The largest absolute Gasteiger partial charge is 0.197 e. The number of hydrogen-bond acceptors (Lipinski definition) is 0. The van der Waals surface area contributed by atoms with Crippen LogP contribution in [-0.2, 0) is 0 Å².